The van der Waals surface area contributed by atoms with Gasteiger partial charge >= 0.3 is 6.03 Å². The summed E-state index contributed by atoms with van der Waals surface area (Å²) in [6, 6.07) is 14.0. The molecule has 1 aliphatic heterocycles. The molecular formula is C19H23N3O2. The van der Waals surface area contributed by atoms with E-state index in [0.29, 0.717) is 6.54 Å². The summed E-state index contributed by atoms with van der Waals surface area (Å²) in [5.74, 6) is 0.795. The van der Waals surface area contributed by atoms with Crippen LogP contribution in [-0.4, -0.2) is 41.7 Å². The molecule has 3 rings (SSSR count). The van der Waals surface area contributed by atoms with Crippen molar-refractivity contribution >= 4 is 6.03 Å². The fraction of sp³-hybridized carbons (Fsp3) is 0.368. The molecule has 1 aliphatic rings. The largest absolute Gasteiger partial charge is 0.489 e. The number of benzene rings is 1. The Morgan fingerprint density at radius 2 is 1.96 bits per heavy atom. The number of carbonyl (C=O) groups excluding carboxylic acids is 1. The van der Waals surface area contributed by atoms with Gasteiger partial charge in [-0.1, -0.05) is 30.3 Å². The quantitative estimate of drug-likeness (QED) is 0.920. The van der Waals surface area contributed by atoms with Gasteiger partial charge in [0.25, 0.3) is 0 Å². The Morgan fingerprint density at radius 3 is 2.67 bits per heavy atom. The van der Waals surface area contributed by atoms with E-state index < -0.39 is 0 Å². The second-order valence-corrected chi connectivity index (χ2v) is 5.96. The third-order valence-corrected chi connectivity index (χ3v) is 4.20. The summed E-state index contributed by atoms with van der Waals surface area (Å²) in [5.41, 5.74) is 1.24. The Labute approximate surface area is 142 Å². The van der Waals surface area contributed by atoms with E-state index in [1.807, 2.05) is 35.2 Å². The van der Waals surface area contributed by atoms with Crippen LogP contribution < -0.4 is 10.1 Å². The van der Waals surface area contributed by atoms with Gasteiger partial charge in [0.1, 0.15) is 11.9 Å². The Bertz CT molecular complexity index is 626. The predicted molar refractivity (Wildman–Crippen MR) is 93.0 cm³/mol. The first-order chi connectivity index (χ1) is 11.8. The minimum atomic E-state index is 0.0192. The summed E-state index contributed by atoms with van der Waals surface area (Å²) >= 11 is 0. The predicted octanol–water partition coefficient (Wildman–Crippen LogP) is 2.88. The van der Waals surface area contributed by atoms with Crippen molar-refractivity contribution in [2.24, 2.45) is 0 Å². The molecule has 0 atom stereocenters. The van der Waals surface area contributed by atoms with E-state index in [1.54, 1.807) is 12.4 Å². The van der Waals surface area contributed by atoms with E-state index in [2.05, 4.69) is 22.4 Å². The monoisotopic (exact) mass is 325 g/mol. The smallest absolute Gasteiger partial charge is 0.317 e. The summed E-state index contributed by atoms with van der Waals surface area (Å²) in [5, 5.41) is 3.00. The number of hydrogen-bond donors (Lipinski definition) is 1. The number of piperidine rings is 1. The Kier molecular flexibility index (Phi) is 5.66. The minimum absolute atomic E-state index is 0.0192. The summed E-state index contributed by atoms with van der Waals surface area (Å²) in [6.07, 6.45) is 6.16. The number of urea groups is 1. The molecule has 24 heavy (non-hydrogen) atoms. The van der Waals surface area contributed by atoms with Gasteiger partial charge < -0.3 is 15.0 Å². The highest BCUT2D eigenvalue weighted by molar-refractivity contribution is 5.74. The second kappa shape index (κ2) is 8.34. The van der Waals surface area contributed by atoms with E-state index in [0.717, 1.165) is 38.1 Å². The first-order valence-electron chi connectivity index (χ1n) is 8.44. The number of rotatable bonds is 5. The Hall–Kier alpha value is -2.56. The van der Waals surface area contributed by atoms with Crippen molar-refractivity contribution in [1.82, 2.24) is 15.2 Å². The lowest BCUT2D eigenvalue weighted by atomic mass is 10.1. The lowest BCUT2D eigenvalue weighted by molar-refractivity contribution is 0.111. The normalized spacial score (nSPS) is 15.1. The number of likely N-dealkylation sites (tertiary alicyclic amines) is 1. The standard InChI is InChI=1S/C19H23N3O2/c23-19(21-12-8-16-5-2-1-3-6-16)22-13-9-17(10-14-22)24-18-7-4-11-20-15-18/h1-7,11,15,17H,8-10,12-14H2,(H,21,23). The second-order valence-electron chi connectivity index (χ2n) is 5.96. The molecule has 1 N–H and O–H groups in total. The molecule has 2 heterocycles. The van der Waals surface area contributed by atoms with Gasteiger partial charge in [0.15, 0.2) is 0 Å². The molecule has 0 saturated carbocycles. The highest BCUT2D eigenvalue weighted by atomic mass is 16.5. The highest BCUT2D eigenvalue weighted by Crippen LogP contribution is 2.17. The molecule has 2 aromatic rings. The first kappa shape index (κ1) is 16.3. The van der Waals surface area contributed by atoms with Gasteiger partial charge in [0.2, 0.25) is 0 Å². The maximum atomic E-state index is 12.2. The van der Waals surface area contributed by atoms with E-state index >= 15 is 0 Å². The van der Waals surface area contributed by atoms with Gasteiger partial charge in [0.05, 0.1) is 6.20 Å². The molecule has 1 saturated heterocycles. The van der Waals surface area contributed by atoms with Crippen molar-refractivity contribution in [3.05, 3.63) is 60.4 Å². The van der Waals surface area contributed by atoms with Gasteiger partial charge in [-0.25, -0.2) is 4.79 Å². The number of ether oxygens (including phenoxy) is 1. The van der Waals surface area contributed by atoms with Crippen LogP contribution >= 0.6 is 0 Å². The highest BCUT2D eigenvalue weighted by Gasteiger charge is 2.23. The zero-order valence-electron chi connectivity index (χ0n) is 13.7. The van der Waals surface area contributed by atoms with E-state index in [4.69, 9.17) is 4.74 Å². The minimum Gasteiger partial charge on any atom is -0.489 e. The zero-order chi connectivity index (χ0) is 16.6. The van der Waals surface area contributed by atoms with Crippen molar-refractivity contribution in [2.75, 3.05) is 19.6 Å². The molecule has 5 nitrogen and oxygen atoms in total. The van der Waals surface area contributed by atoms with Crippen molar-refractivity contribution in [2.45, 2.75) is 25.4 Å². The molecule has 0 radical (unpaired) electrons. The van der Waals surface area contributed by atoms with Crippen molar-refractivity contribution in [1.29, 1.82) is 0 Å². The summed E-state index contributed by atoms with van der Waals surface area (Å²) < 4.78 is 5.90. The van der Waals surface area contributed by atoms with Crippen LogP contribution in [0, 0.1) is 0 Å². The third-order valence-electron chi connectivity index (χ3n) is 4.20. The molecule has 0 bridgehead atoms. The first-order valence-corrected chi connectivity index (χ1v) is 8.44. The van der Waals surface area contributed by atoms with Gasteiger partial charge in [-0.2, -0.15) is 0 Å². The topological polar surface area (TPSA) is 54.5 Å². The van der Waals surface area contributed by atoms with Crippen molar-refractivity contribution < 1.29 is 9.53 Å². The summed E-state index contributed by atoms with van der Waals surface area (Å²) in [6.45, 7) is 2.11. The van der Waals surface area contributed by atoms with Crippen LogP contribution in [0.4, 0.5) is 4.79 Å². The van der Waals surface area contributed by atoms with Crippen LogP contribution in [-0.2, 0) is 6.42 Å². The Morgan fingerprint density at radius 1 is 1.17 bits per heavy atom. The van der Waals surface area contributed by atoms with Crippen LogP contribution in [0.1, 0.15) is 18.4 Å². The van der Waals surface area contributed by atoms with Crippen LogP contribution in [0.5, 0.6) is 5.75 Å². The van der Waals surface area contributed by atoms with Crippen molar-refractivity contribution in [3.63, 3.8) is 0 Å². The summed E-state index contributed by atoms with van der Waals surface area (Å²) in [7, 11) is 0. The molecule has 5 heteroatoms. The van der Waals surface area contributed by atoms with Gasteiger partial charge in [0, 0.05) is 38.7 Å². The molecular weight excluding hydrogens is 302 g/mol. The van der Waals surface area contributed by atoms with Crippen LogP contribution in [0.3, 0.4) is 0 Å². The maximum Gasteiger partial charge on any atom is 0.317 e. The zero-order valence-corrected chi connectivity index (χ0v) is 13.7. The number of nitrogens with zero attached hydrogens (tertiary/aromatic N) is 2. The SMILES string of the molecule is O=C(NCCc1ccccc1)N1CCC(Oc2cccnc2)CC1. The number of pyridine rings is 1. The third kappa shape index (κ3) is 4.72. The van der Waals surface area contributed by atoms with Crippen molar-refractivity contribution in [3.8, 4) is 5.75 Å². The molecule has 0 spiro atoms. The van der Waals surface area contributed by atoms with Gasteiger partial charge in [-0.05, 0) is 24.1 Å². The average molecular weight is 325 g/mol. The number of nitrogens with one attached hydrogen (secondary N) is 1. The fourth-order valence-corrected chi connectivity index (χ4v) is 2.86. The number of amides is 2. The number of aromatic nitrogens is 1. The lowest BCUT2D eigenvalue weighted by Crippen LogP contribution is -2.46. The van der Waals surface area contributed by atoms with E-state index in [-0.39, 0.29) is 12.1 Å². The van der Waals surface area contributed by atoms with Crippen LogP contribution in [0.2, 0.25) is 0 Å². The van der Waals surface area contributed by atoms with E-state index in [1.165, 1.54) is 5.56 Å². The van der Waals surface area contributed by atoms with Crippen LogP contribution in [0.25, 0.3) is 0 Å². The van der Waals surface area contributed by atoms with Crippen LogP contribution in [0.15, 0.2) is 54.9 Å². The molecule has 1 aromatic heterocycles. The maximum absolute atomic E-state index is 12.2. The molecule has 126 valence electrons. The van der Waals surface area contributed by atoms with Gasteiger partial charge in [-0.15, -0.1) is 0 Å². The molecule has 1 aromatic carbocycles. The average Bonchev–Trinajstić information content (AvgIpc) is 2.64. The fourth-order valence-electron chi connectivity index (χ4n) is 2.86. The van der Waals surface area contributed by atoms with Gasteiger partial charge in [-0.3, -0.25) is 4.98 Å². The van der Waals surface area contributed by atoms with E-state index in [9.17, 15) is 4.79 Å². The number of hydrogen-bond acceptors (Lipinski definition) is 3. The molecule has 0 aliphatic carbocycles. The molecule has 0 unspecified atom stereocenters. The summed E-state index contributed by atoms with van der Waals surface area (Å²) in [4.78, 5) is 18.1. The molecule has 2 amide bonds. The lowest BCUT2D eigenvalue weighted by Gasteiger charge is -2.32. The number of carbonyl (C=O) groups is 1. The Balaban J connectivity index is 1.37. The molecule has 1 fully saturated rings.